The van der Waals surface area contributed by atoms with Crippen LogP contribution >= 0.6 is 11.3 Å². The summed E-state index contributed by atoms with van der Waals surface area (Å²) in [6.07, 6.45) is 4.37. The minimum Gasteiger partial charge on any atom is -0.384 e. The molecule has 3 rings (SSSR count). The molecule has 0 aromatic carbocycles. The van der Waals surface area contributed by atoms with Crippen molar-refractivity contribution in [3.8, 4) is 0 Å². The Hall–Kier alpha value is -2.06. The standard InChI is InChI=1S/C15H18N4O3S/c1-22-7-3-10(20)19-6-2-9(8-19)11-12-15(18-5-4-17-12)23-13(11)14(16)21/h4-5,9H,2-3,6-8H2,1H3,(H2,16,21)/t9-/m1/s1. The van der Waals surface area contributed by atoms with Gasteiger partial charge in [0, 0.05) is 44.1 Å². The number of nitrogens with zero attached hydrogens (tertiary/aromatic N) is 3. The zero-order chi connectivity index (χ0) is 16.4. The molecule has 1 atom stereocenters. The van der Waals surface area contributed by atoms with Crippen LogP contribution in [0.25, 0.3) is 10.3 Å². The summed E-state index contributed by atoms with van der Waals surface area (Å²) in [5.41, 5.74) is 7.09. The van der Waals surface area contributed by atoms with E-state index >= 15 is 0 Å². The number of hydrogen-bond acceptors (Lipinski definition) is 6. The smallest absolute Gasteiger partial charge is 0.259 e. The zero-order valence-corrected chi connectivity index (χ0v) is 13.6. The number of rotatable bonds is 5. The third kappa shape index (κ3) is 3.04. The Morgan fingerprint density at radius 1 is 1.43 bits per heavy atom. The van der Waals surface area contributed by atoms with Gasteiger partial charge in [0.1, 0.15) is 10.3 Å². The summed E-state index contributed by atoms with van der Waals surface area (Å²) in [6, 6.07) is 0. The SMILES string of the molecule is COCCC(=O)N1CC[C@@H](c2c(C(N)=O)sc3nccnc23)C1. The summed E-state index contributed by atoms with van der Waals surface area (Å²) >= 11 is 1.27. The van der Waals surface area contributed by atoms with Crippen LogP contribution < -0.4 is 5.73 Å². The Kier molecular flexibility index (Phi) is 4.53. The number of aromatic nitrogens is 2. The van der Waals surface area contributed by atoms with Crippen LogP contribution in [-0.4, -0.2) is 53.5 Å². The average Bonchev–Trinajstić information content (AvgIpc) is 3.16. The molecule has 0 saturated carbocycles. The molecule has 7 nitrogen and oxygen atoms in total. The molecule has 0 bridgehead atoms. The number of amides is 2. The molecular formula is C15H18N4O3S. The van der Waals surface area contributed by atoms with Gasteiger partial charge in [-0.05, 0) is 6.42 Å². The van der Waals surface area contributed by atoms with Crippen LogP contribution in [0, 0.1) is 0 Å². The van der Waals surface area contributed by atoms with Crippen molar-refractivity contribution >= 4 is 33.5 Å². The van der Waals surface area contributed by atoms with E-state index in [2.05, 4.69) is 9.97 Å². The molecule has 1 aliphatic heterocycles. The van der Waals surface area contributed by atoms with Crippen molar-refractivity contribution in [3.05, 3.63) is 22.8 Å². The summed E-state index contributed by atoms with van der Waals surface area (Å²) < 4.78 is 4.95. The summed E-state index contributed by atoms with van der Waals surface area (Å²) in [6.45, 7) is 1.66. The van der Waals surface area contributed by atoms with E-state index in [1.807, 2.05) is 4.90 Å². The van der Waals surface area contributed by atoms with Crippen LogP contribution in [0.2, 0.25) is 0 Å². The number of likely N-dealkylation sites (tertiary alicyclic amines) is 1. The normalized spacial score (nSPS) is 17.8. The summed E-state index contributed by atoms with van der Waals surface area (Å²) in [4.78, 5) is 35.6. The van der Waals surface area contributed by atoms with Crippen molar-refractivity contribution in [1.29, 1.82) is 0 Å². The van der Waals surface area contributed by atoms with Crippen LogP contribution in [-0.2, 0) is 9.53 Å². The van der Waals surface area contributed by atoms with Crippen molar-refractivity contribution < 1.29 is 14.3 Å². The predicted octanol–water partition coefficient (Wildman–Crippen LogP) is 1.14. The van der Waals surface area contributed by atoms with E-state index in [1.54, 1.807) is 19.5 Å². The number of methoxy groups -OCH3 is 1. The average molecular weight is 334 g/mol. The van der Waals surface area contributed by atoms with Gasteiger partial charge in [0.15, 0.2) is 0 Å². The van der Waals surface area contributed by atoms with Crippen LogP contribution in [0.5, 0.6) is 0 Å². The lowest BCUT2D eigenvalue weighted by Gasteiger charge is -2.16. The monoisotopic (exact) mass is 334 g/mol. The second-order valence-electron chi connectivity index (χ2n) is 5.49. The first kappa shape index (κ1) is 15.8. The molecule has 8 heteroatoms. The van der Waals surface area contributed by atoms with E-state index in [4.69, 9.17) is 10.5 Å². The lowest BCUT2D eigenvalue weighted by atomic mass is 9.97. The van der Waals surface area contributed by atoms with Crippen molar-refractivity contribution in [1.82, 2.24) is 14.9 Å². The quantitative estimate of drug-likeness (QED) is 0.884. The Labute approximate surface area is 137 Å². The molecule has 2 amide bonds. The Balaban J connectivity index is 1.88. The van der Waals surface area contributed by atoms with E-state index in [1.165, 1.54) is 11.3 Å². The molecule has 122 valence electrons. The van der Waals surface area contributed by atoms with Gasteiger partial charge in [-0.1, -0.05) is 0 Å². The minimum absolute atomic E-state index is 0.0643. The molecular weight excluding hydrogens is 316 g/mol. The van der Waals surface area contributed by atoms with E-state index < -0.39 is 5.91 Å². The maximum Gasteiger partial charge on any atom is 0.259 e. The zero-order valence-electron chi connectivity index (χ0n) is 12.8. The van der Waals surface area contributed by atoms with Gasteiger partial charge in [-0.15, -0.1) is 11.3 Å². The Morgan fingerprint density at radius 3 is 2.96 bits per heavy atom. The van der Waals surface area contributed by atoms with Crippen molar-refractivity contribution in [2.24, 2.45) is 5.73 Å². The van der Waals surface area contributed by atoms with Crippen molar-refractivity contribution in [2.75, 3.05) is 26.8 Å². The highest BCUT2D eigenvalue weighted by Crippen LogP contribution is 2.38. The number of carbonyl (C=O) groups is 2. The van der Waals surface area contributed by atoms with E-state index in [-0.39, 0.29) is 11.8 Å². The molecule has 2 aromatic heterocycles. The second kappa shape index (κ2) is 6.59. The molecule has 1 fully saturated rings. The maximum atomic E-state index is 12.1. The summed E-state index contributed by atoms with van der Waals surface area (Å²) in [7, 11) is 1.58. The molecule has 3 heterocycles. The van der Waals surface area contributed by atoms with E-state index in [0.29, 0.717) is 35.8 Å². The van der Waals surface area contributed by atoms with Crippen molar-refractivity contribution in [3.63, 3.8) is 0 Å². The summed E-state index contributed by atoms with van der Waals surface area (Å²) in [5.74, 6) is -0.330. The fourth-order valence-corrected chi connectivity index (χ4v) is 4.02. The van der Waals surface area contributed by atoms with Crippen molar-refractivity contribution in [2.45, 2.75) is 18.8 Å². The third-order valence-electron chi connectivity index (χ3n) is 4.06. The number of thiophene rings is 1. The van der Waals surface area contributed by atoms with Gasteiger partial charge in [-0.2, -0.15) is 0 Å². The first-order valence-electron chi connectivity index (χ1n) is 7.41. The van der Waals surface area contributed by atoms with Gasteiger partial charge in [-0.3, -0.25) is 14.6 Å². The van der Waals surface area contributed by atoms with Gasteiger partial charge in [0.2, 0.25) is 5.91 Å². The fourth-order valence-electron chi connectivity index (χ4n) is 2.98. The number of carbonyl (C=O) groups excluding carboxylic acids is 2. The lowest BCUT2D eigenvalue weighted by molar-refractivity contribution is -0.131. The molecule has 23 heavy (non-hydrogen) atoms. The maximum absolute atomic E-state index is 12.1. The minimum atomic E-state index is -0.464. The molecule has 1 aliphatic rings. The van der Waals surface area contributed by atoms with Crippen LogP contribution in [0.15, 0.2) is 12.4 Å². The van der Waals surface area contributed by atoms with Gasteiger partial charge >= 0.3 is 0 Å². The largest absolute Gasteiger partial charge is 0.384 e. The molecule has 1 saturated heterocycles. The highest BCUT2D eigenvalue weighted by atomic mass is 32.1. The topological polar surface area (TPSA) is 98.4 Å². The first-order valence-corrected chi connectivity index (χ1v) is 8.23. The highest BCUT2D eigenvalue weighted by molar-refractivity contribution is 7.20. The van der Waals surface area contributed by atoms with Gasteiger partial charge in [-0.25, -0.2) is 4.98 Å². The molecule has 2 N–H and O–H groups in total. The van der Waals surface area contributed by atoms with Gasteiger partial charge in [0.25, 0.3) is 5.91 Å². The Morgan fingerprint density at radius 2 is 2.22 bits per heavy atom. The number of fused-ring (bicyclic) bond motifs is 1. The summed E-state index contributed by atoms with van der Waals surface area (Å²) in [5, 5.41) is 0. The fraction of sp³-hybridized carbons (Fsp3) is 0.467. The predicted molar refractivity (Wildman–Crippen MR) is 86.4 cm³/mol. The van der Waals surface area contributed by atoms with Gasteiger partial charge in [0.05, 0.1) is 17.9 Å². The third-order valence-corrected chi connectivity index (χ3v) is 5.17. The number of hydrogen-bond donors (Lipinski definition) is 1. The molecule has 0 radical (unpaired) electrons. The number of primary amides is 1. The number of nitrogens with two attached hydrogens (primary N) is 1. The first-order chi connectivity index (χ1) is 11.1. The van der Waals surface area contributed by atoms with E-state index in [9.17, 15) is 9.59 Å². The Bertz CT molecular complexity index is 745. The van der Waals surface area contributed by atoms with Crippen LogP contribution in [0.4, 0.5) is 0 Å². The van der Waals surface area contributed by atoms with Crippen LogP contribution in [0.1, 0.15) is 34.0 Å². The molecule has 2 aromatic rings. The highest BCUT2D eigenvalue weighted by Gasteiger charge is 2.32. The lowest BCUT2D eigenvalue weighted by Crippen LogP contribution is -2.29. The molecule has 0 unspecified atom stereocenters. The molecule has 0 aliphatic carbocycles. The van der Waals surface area contributed by atoms with E-state index in [0.717, 1.165) is 17.5 Å². The number of ether oxygens (including phenoxy) is 1. The molecule has 0 spiro atoms. The van der Waals surface area contributed by atoms with Gasteiger partial charge < -0.3 is 15.4 Å². The van der Waals surface area contributed by atoms with Crippen LogP contribution in [0.3, 0.4) is 0 Å². The second-order valence-corrected chi connectivity index (χ2v) is 6.49.